The minimum Gasteiger partial charge on any atom is -0.398 e. The van der Waals surface area contributed by atoms with Gasteiger partial charge >= 0.3 is 0 Å². The number of halogens is 1. The first-order valence-corrected chi connectivity index (χ1v) is 6.75. The van der Waals surface area contributed by atoms with Gasteiger partial charge in [0.05, 0.1) is 0 Å². The molecular weight excluding hydrogens is 250 g/mol. The van der Waals surface area contributed by atoms with E-state index in [0.717, 1.165) is 17.0 Å². The fourth-order valence-electron chi connectivity index (χ4n) is 1.56. The molecule has 0 unspecified atom stereocenters. The van der Waals surface area contributed by atoms with Crippen molar-refractivity contribution in [3.63, 3.8) is 0 Å². The molecule has 0 heterocycles. The topological polar surface area (TPSA) is 26.0 Å². The van der Waals surface area contributed by atoms with E-state index in [4.69, 9.17) is 17.3 Å². The van der Waals surface area contributed by atoms with E-state index in [2.05, 4.69) is 31.2 Å². The molecule has 0 aromatic heterocycles. The van der Waals surface area contributed by atoms with Crippen LogP contribution in [0.4, 0.5) is 5.69 Å². The zero-order valence-electron chi connectivity index (χ0n) is 9.61. The van der Waals surface area contributed by atoms with Crippen LogP contribution in [0.2, 0.25) is 5.02 Å². The highest BCUT2D eigenvalue weighted by Crippen LogP contribution is 2.27. The van der Waals surface area contributed by atoms with Crippen molar-refractivity contribution in [3.05, 3.63) is 58.6 Å². The second-order valence-electron chi connectivity index (χ2n) is 3.95. The molecule has 2 rings (SSSR count). The van der Waals surface area contributed by atoms with Crippen LogP contribution in [0.3, 0.4) is 0 Å². The van der Waals surface area contributed by atoms with Crippen LogP contribution in [0.15, 0.2) is 47.4 Å². The highest BCUT2D eigenvalue weighted by atomic mass is 35.5. The van der Waals surface area contributed by atoms with Gasteiger partial charge in [-0.15, -0.1) is 11.8 Å². The van der Waals surface area contributed by atoms with E-state index in [1.54, 1.807) is 17.8 Å². The van der Waals surface area contributed by atoms with Crippen molar-refractivity contribution < 1.29 is 0 Å². The summed E-state index contributed by atoms with van der Waals surface area (Å²) in [5, 5.41) is 0.687. The third kappa shape index (κ3) is 3.42. The summed E-state index contributed by atoms with van der Waals surface area (Å²) in [6.07, 6.45) is 0. The molecule has 2 aromatic rings. The number of nitrogens with two attached hydrogens (primary N) is 1. The van der Waals surface area contributed by atoms with Crippen LogP contribution in [0.5, 0.6) is 0 Å². The monoisotopic (exact) mass is 263 g/mol. The fraction of sp³-hybridized carbons (Fsp3) is 0.143. The van der Waals surface area contributed by atoms with Crippen molar-refractivity contribution in [1.82, 2.24) is 0 Å². The van der Waals surface area contributed by atoms with Gasteiger partial charge in [-0.3, -0.25) is 0 Å². The lowest BCUT2D eigenvalue weighted by Gasteiger charge is -2.06. The van der Waals surface area contributed by atoms with E-state index >= 15 is 0 Å². The van der Waals surface area contributed by atoms with Gasteiger partial charge in [-0.1, -0.05) is 35.4 Å². The molecule has 3 heteroatoms. The Morgan fingerprint density at radius 1 is 1.18 bits per heavy atom. The zero-order chi connectivity index (χ0) is 12.3. The van der Waals surface area contributed by atoms with E-state index < -0.39 is 0 Å². The Morgan fingerprint density at radius 2 is 2.00 bits per heavy atom. The molecule has 88 valence electrons. The Hall–Kier alpha value is -1.12. The highest BCUT2D eigenvalue weighted by Gasteiger charge is 2.01. The number of rotatable bonds is 3. The van der Waals surface area contributed by atoms with Crippen LogP contribution < -0.4 is 5.73 Å². The van der Waals surface area contributed by atoms with E-state index in [-0.39, 0.29) is 0 Å². The first-order chi connectivity index (χ1) is 8.15. The summed E-state index contributed by atoms with van der Waals surface area (Å²) in [7, 11) is 0. The molecule has 2 N–H and O–H groups in total. The normalized spacial score (nSPS) is 10.5. The number of hydrogen-bond acceptors (Lipinski definition) is 2. The zero-order valence-corrected chi connectivity index (χ0v) is 11.2. The average Bonchev–Trinajstić information content (AvgIpc) is 2.28. The van der Waals surface area contributed by atoms with Crippen LogP contribution in [0.1, 0.15) is 11.1 Å². The van der Waals surface area contributed by atoms with Gasteiger partial charge in [-0.2, -0.15) is 0 Å². The SMILES string of the molecule is Cc1cccc(SCc2ccc(Cl)cc2N)c1. The Balaban J connectivity index is 2.07. The molecule has 1 nitrogen and oxygen atoms in total. The van der Waals surface area contributed by atoms with E-state index in [9.17, 15) is 0 Å². The Morgan fingerprint density at radius 3 is 2.71 bits per heavy atom. The lowest BCUT2D eigenvalue weighted by molar-refractivity contribution is 1.34. The molecule has 0 amide bonds. The standard InChI is InChI=1S/C14H14ClNS/c1-10-3-2-4-13(7-10)17-9-11-5-6-12(15)8-14(11)16/h2-8H,9,16H2,1H3. The summed E-state index contributed by atoms with van der Waals surface area (Å²) in [5.41, 5.74) is 9.08. The lowest BCUT2D eigenvalue weighted by atomic mass is 10.2. The number of anilines is 1. The Kier molecular flexibility index (Phi) is 3.97. The fourth-order valence-corrected chi connectivity index (χ4v) is 2.77. The van der Waals surface area contributed by atoms with Crippen molar-refractivity contribution in [2.45, 2.75) is 17.6 Å². The van der Waals surface area contributed by atoms with Crippen molar-refractivity contribution in [3.8, 4) is 0 Å². The molecule has 0 aliphatic carbocycles. The molecular formula is C14H14ClNS. The number of aryl methyl sites for hydroxylation is 1. The summed E-state index contributed by atoms with van der Waals surface area (Å²) in [4.78, 5) is 1.26. The van der Waals surface area contributed by atoms with Gasteiger partial charge in [0.15, 0.2) is 0 Å². The second kappa shape index (κ2) is 5.48. The van der Waals surface area contributed by atoms with Crippen molar-refractivity contribution >= 4 is 29.1 Å². The molecule has 0 spiro atoms. The maximum absolute atomic E-state index is 5.92. The van der Waals surface area contributed by atoms with Gasteiger partial charge in [-0.25, -0.2) is 0 Å². The van der Waals surface area contributed by atoms with Gasteiger partial charge in [0.1, 0.15) is 0 Å². The van der Waals surface area contributed by atoms with Gasteiger partial charge in [0.25, 0.3) is 0 Å². The molecule has 0 atom stereocenters. The molecule has 0 saturated carbocycles. The average molecular weight is 264 g/mol. The minimum absolute atomic E-state index is 0.687. The van der Waals surface area contributed by atoms with Gasteiger partial charge in [0.2, 0.25) is 0 Å². The molecule has 0 saturated heterocycles. The summed E-state index contributed by atoms with van der Waals surface area (Å²) in [5.74, 6) is 0.868. The second-order valence-corrected chi connectivity index (χ2v) is 5.43. The summed E-state index contributed by atoms with van der Waals surface area (Å²) in [6.45, 7) is 2.10. The predicted molar refractivity (Wildman–Crippen MR) is 76.6 cm³/mol. The molecule has 2 aromatic carbocycles. The lowest BCUT2D eigenvalue weighted by Crippen LogP contribution is -1.92. The third-order valence-electron chi connectivity index (χ3n) is 2.49. The van der Waals surface area contributed by atoms with Crippen molar-refractivity contribution in [1.29, 1.82) is 0 Å². The summed E-state index contributed by atoms with van der Waals surface area (Å²) in [6, 6.07) is 14.1. The smallest absolute Gasteiger partial charge is 0.0426 e. The molecule has 0 aliphatic heterocycles. The molecule has 0 radical (unpaired) electrons. The maximum Gasteiger partial charge on any atom is 0.0426 e. The summed E-state index contributed by atoms with van der Waals surface area (Å²) >= 11 is 7.65. The maximum atomic E-state index is 5.92. The predicted octanol–water partition coefficient (Wildman–Crippen LogP) is 4.52. The molecule has 0 bridgehead atoms. The third-order valence-corrected chi connectivity index (χ3v) is 3.77. The van der Waals surface area contributed by atoms with Crippen LogP contribution >= 0.6 is 23.4 Å². The van der Waals surface area contributed by atoms with E-state index in [1.165, 1.54) is 10.5 Å². The number of nitrogen functional groups attached to an aromatic ring is 1. The van der Waals surface area contributed by atoms with Gasteiger partial charge in [0, 0.05) is 21.4 Å². The minimum atomic E-state index is 0.687. The number of hydrogen-bond donors (Lipinski definition) is 1. The molecule has 0 fully saturated rings. The van der Waals surface area contributed by atoms with Crippen LogP contribution in [-0.2, 0) is 5.75 Å². The molecule has 0 aliphatic rings. The number of benzene rings is 2. The van der Waals surface area contributed by atoms with E-state index in [0.29, 0.717) is 5.02 Å². The quantitative estimate of drug-likeness (QED) is 0.651. The highest BCUT2D eigenvalue weighted by molar-refractivity contribution is 7.98. The van der Waals surface area contributed by atoms with Crippen molar-refractivity contribution in [2.24, 2.45) is 0 Å². The van der Waals surface area contributed by atoms with Crippen LogP contribution in [0, 0.1) is 6.92 Å². The van der Waals surface area contributed by atoms with Crippen molar-refractivity contribution in [2.75, 3.05) is 5.73 Å². The van der Waals surface area contributed by atoms with Gasteiger partial charge in [-0.05, 0) is 36.8 Å². The van der Waals surface area contributed by atoms with Crippen LogP contribution in [-0.4, -0.2) is 0 Å². The Labute approximate surface area is 111 Å². The first-order valence-electron chi connectivity index (χ1n) is 5.38. The van der Waals surface area contributed by atoms with Crippen LogP contribution in [0.25, 0.3) is 0 Å². The van der Waals surface area contributed by atoms with Gasteiger partial charge < -0.3 is 5.73 Å². The molecule has 17 heavy (non-hydrogen) atoms. The van der Waals surface area contributed by atoms with E-state index in [1.807, 2.05) is 12.1 Å². The number of thioether (sulfide) groups is 1. The first kappa shape index (κ1) is 12.3. The largest absolute Gasteiger partial charge is 0.398 e. The summed E-state index contributed by atoms with van der Waals surface area (Å²) < 4.78 is 0. The Bertz CT molecular complexity index is 525.